The third kappa shape index (κ3) is 5.80. The van der Waals surface area contributed by atoms with Crippen molar-refractivity contribution in [2.45, 2.75) is 24.5 Å². The lowest BCUT2D eigenvalue weighted by atomic mass is 10.0. The van der Waals surface area contributed by atoms with E-state index in [4.69, 9.17) is 32.4 Å². The zero-order valence-electron chi connectivity index (χ0n) is 20.0. The van der Waals surface area contributed by atoms with Crippen molar-refractivity contribution in [3.05, 3.63) is 65.5 Å². The van der Waals surface area contributed by atoms with Crippen molar-refractivity contribution in [1.82, 2.24) is 20.0 Å². The molecule has 1 aliphatic carbocycles. The maximum atomic E-state index is 14.8. The molecule has 1 atom stereocenters. The van der Waals surface area contributed by atoms with Gasteiger partial charge in [0.2, 0.25) is 0 Å². The predicted molar refractivity (Wildman–Crippen MR) is 130 cm³/mol. The van der Waals surface area contributed by atoms with Crippen molar-refractivity contribution >= 4 is 11.8 Å². The molecular weight excluding hydrogens is 483 g/mol. The van der Waals surface area contributed by atoms with Crippen molar-refractivity contribution in [3.63, 3.8) is 0 Å². The summed E-state index contributed by atoms with van der Waals surface area (Å²) in [7, 11) is 0. The van der Waals surface area contributed by atoms with Crippen LogP contribution in [-0.4, -0.2) is 63.5 Å². The molecule has 0 aliphatic heterocycles. The molecule has 37 heavy (non-hydrogen) atoms. The van der Waals surface area contributed by atoms with Gasteiger partial charge >= 0.3 is 5.97 Å². The second-order valence-corrected chi connectivity index (χ2v) is 8.77. The van der Waals surface area contributed by atoms with Gasteiger partial charge in [0.05, 0.1) is 23.6 Å². The number of esters is 1. The average Bonchev–Trinajstić information content (AvgIpc) is 3.66. The summed E-state index contributed by atoms with van der Waals surface area (Å²) >= 11 is 0. The van der Waals surface area contributed by atoms with Crippen LogP contribution in [-0.2, 0) is 4.74 Å². The van der Waals surface area contributed by atoms with Gasteiger partial charge in [-0.05, 0) is 37.1 Å². The monoisotopic (exact) mass is 512 g/mol. The van der Waals surface area contributed by atoms with Crippen molar-refractivity contribution in [3.8, 4) is 11.4 Å². The Labute approximate surface area is 212 Å². The van der Waals surface area contributed by atoms with E-state index < -0.39 is 23.5 Å². The summed E-state index contributed by atoms with van der Waals surface area (Å²) in [5, 5.41) is 8.49. The Morgan fingerprint density at radius 3 is 2.38 bits per heavy atom. The predicted octanol–water partition coefficient (Wildman–Crippen LogP) is 0.245. The highest BCUT2D eigenvalue weighted by Gasteiger charge is 2.32. The van der Waals surface area contributed by atoms with E-state index in [-0.39, 0.29) is 49.1 Å². The molecule has 0 radical (unpaired) electrons. The van der Waals surface area contributed by atoms with E-state index in [2.05, 4.69) is 15.2 Å². The van der Waals surface area contributed by atoms with Crippen LogP contribution in [0.3, 0.4) is 0 Å². The first-order valence-corrected chi connectivity index (χ1v) is 11.8. The second kappa shape index (κ2) is 11.1. The highest BCUT2D eigenvalue weighted by atomic mass is 19.1. The van der Waals surface area contributed by atoms with Gasteiger partial charge in [0.15, 0.2) is 11.9 Å². The quantitative estimate of drug-likeness (QED) is 0.191. The van der Waals surface area contributed by atoms with Gasteiger partial charge in [0.1, 0.15) is 28.6 Å². The summed E-state index contributed by atoms with van der Waals surface area (Å²) in [6, 6.07) is 7.06. The van der Waals surface area contributed by atoms with Crippen molar-refractivity contribution < 1.29 is 23.5 Å². The number of halogens is 1. The van der Waals surface area contributed by atoms with E-state index in [0.29, 0.717) is 17.1 Å². The van der Waals surface area contributed by atoms with Crippen LogP contribution in [0.4, 0.5) is 4.39 Å². The van der Waals surface area contributed by atoms with E-state index in [9.17, 15) is 14.0 Å². The number of nitrogens with zero attached hydrogens (tertiary/aromatic N) is 4. The number of benzene rings is 1. The molecule has 2 aromatic heterocycles. The molecule has 1 aliphatic rings. The number of carbonyl (C=O) groups is 2. The minimum atomic E-state index is -1.28. The molecule has 0 unspecified atom stereocenters. The number of rotatable bonds is 12. The van der Waals surface area contributed by atoms with Gasteiger partial charge in [-0.3, -0.25) is 4.79 Å². The van der Waals surface area contributed by atoms with Gasteiger partial charge < -0.3 is 32.4 Å². The van der Waals surface area contributed by atoms with E-state index in [1.54, 1.807) is 12.1 Å². The van der Waals surface area contributed by atoms with Crippen LogP contribution in [0, 0.1) is 11.7 Å². The fourth-order valence-corrected chi connectivity index (χ4v) is 3.51. The average molecular weight is 513 g/mol. The van der Waals surface area contributed by atoms with Crippen LogP contribution in [0.1, 0.15) is 45.5 Å². The van der Waals surface area contributed by atoms with E-state index >= 15 is 0 Å². The number of aromatic nitrogens is 4. The summed E-state index contributed by atoms with van der Waals surface area (Å²) in [5.74, 6) is -1.26. The van der Waals surface area contributed by atoms with Crippen LogP contribution in [0.2, 0.25) is 0 Å². The SMILES string of the molecule is NC[C@@H](Oc1ccc(C(=O)C2CC2)nc1)c1cnn(-c2ccc(C(=O)OC(CN)(CN)CN)c(F)c2)n1. The van der Waals surface area contributed by atoms with Gasteiger partial charge in [-0.25, -0.2) is 14.2 Å². The first kappa shape index (κ1) is 26.3. The van der Waals surface area contributed by atoms with Crippen molar-refractivity contribution in [2.24, 2.45) is 28.9 Å². The molecule has 0 bridgehead atoms. The van der Waals surface area contributed by atoms with Crippen molar-refractivity contribution in [1.29, 1.82) is 0 Å². The summed E-state index contributed by atoms with van der Waals surface area (Å²) in [6.07, 6.45) is 4.03. The van der Waals surface area contributed by atoms with E-state index in [1.165, 1.54) is 29.3 Å². The molecule has 0 spiro atoms. The summed E-state index contributed by atoms with van der Waals surface area (Å²) in [4.78, 5) is 30.0. The van der Waals surface area contributed by atoms with Gasteiger partial charge in [0.25, 0.3) is 0 Å². The molecule has 1 saturated carbocycles. The number of nitrogens with two attached hydrogens (primary N) is 4. The van der Waals surface area contributed by atoms with Gasteiger partial charge in [-0.1, -0.05) is 0 Å². The van der Waals surface area contributed by atoms with Gasteiger partial charge in [-0.2, -0.15) is 9.90 Å². The maximum Gasteiger partial charge on any atom is 0.341 e. The van der Waals surface area contributed by atoms with Crippen LogP contribution in [0.15, 0.2) is 42.7 Å². The van der Waals surface area contributed by atoms with Crippen LogP contribution < -0.4 is 27.7 Å². The third-order valence-electron chi connectivity index (χ3n) is 6.10. The normalized spacial score (nSPS) is 14.3. The molecule has 1 aromatic carbocycles. The molecule has 12 nitrogen and oxygen atoms in total. The maximum absolute atomic E-state index is 14.8. The zero-order chi connectivity index (χ0) is 26.6. The van der Waals surface area contributed by atoms with Crippen LogP contribution >= 0.6 is 0 Å². The lowest BCUT2D eigenvalue weighted by Gasteiger charge is -2.29. The molecule has 1 fully saturated rings. The number of hydrogen-bond acceptors (Lipinski definition) is 11. The summed E-state index contributed by atoms with van der Waals surface area (Å²) in [5.41, 5.74) is 22.2. The number of carbonyl (C=O) groups excluding carboxylic acids is 2. The fraction of sp³-hybridized carbons (Fsp3) is 0.375. The first-order chi connectivity index (χ1) is 17.8. The largest absolute Gasteiger partial charge is 0.481 e. The van der Waals surface area contributed by atoms with Crippen LogP contribution in [0.25, 0.3) is 5.69 Å². The molecule has 2 heterocycles. The van der Waals surface area contributed by atoms with Gasteiger partial charge in [0, 0.05) is 38.2 Å². The topological polar surface area (TPSA) is 200 Å². The lowest BCUT2D eigenvalue weighted by Crippen LogP contribution is -2.54. The number of hydrogen-bond donors (Lipinski definition) is 4. The fourth-order valence-electron chi connectivity index (χ4n) is 3.51. The van der Waals surface area contributed by atoms with Gasteiger partial charge in [-0.15, -0.1) is 5.10 Å². The molecular formula is C24H29FN8O4. The lowest BCUT2D eigenvalue weighted by molar-refractivity contribution is -0.00624. The number of pyridine rings is 1. The Morgan fingerprint density at radius 2 is 1.81 bits per heavy atom. The highest BCUT2D eigenvalue weighted by Crippen LogP contribution is 2.32. The Morgan fingerprint density at radius 1 is 1.08 bits per heavy atom. The Balaban J connectivity index is 1.46. The summed E-state index contributed by atoms with van der Waals surface area (Å²) < 4.78 is 26.0. The standard InChI is InChI=1S/C24H29FN8O4/c25-18-7-15(3-5-17(18)23(35)37-24(11-27,12-28)13-29)33-31-10-20(32-33)21(8-26)36-16-4-6-19(30-9-16)22(34)14-1-2-14/h3-7,9-10,14,21H,1-2,8,11-13,26-29H2/t21-/m1/s1. The highest BCUT2D eigenvalue weighted by molar-refractivity contribution is 5.97. The first-order valence-electron chi connectivity index (χ1n) is 11.8. The zero-order valence-corrected chi connectivity index (χ0v) is 20.0. The molecule has 13 heteroatoms. The van der Waals surface area contributed by atoms with E-state index in [1.807, 2.05) is 0 Å². The molecule has 196 valence electrons. The Kier molecular flexibility index (Phi) is 7.88. The molecule has 0 amide bonds. The third-order valence-corrected chi connectivity index (χ3v) is 6.10. The molecule has 3 aromatic rings. The summed E-state index contributed by atoms with van der Waals surface area (Å²) in [6.45, 7) is -0.233. The number of ketones is 1. The minimum Gasteiger partial charge on any atom is -0.481 e. The second-order valence-electron chi connectivity index (χ2n) is 8.77. The minimum absolute atomic E-state index is 0.0360. The molecule has 0 saturated heterocycles. The number of ether oxygens (including phenoxy) is 2. The molecule has 4 rings (SSSR count). The smallest absolute Gasteiger partial charge is 0.341 e. The van der Waals surface area contributed by atoms with E-state index in [0.717, 1.165) is 18.9 Å². The van der Waals surface area contributed by atoms with Crippen LogP contribution in [0.5, 0.6) is 5.75 Å². The molecule has 8 N–H and O–H groups in total. The Hall–Kier alpha value is -3.78. The van der Waals surface area contributed by atoms with Crippen molar-refractivity contribution in [2.75, 3.05) is 26.2 Å². The number of Topliss-reactive ketones (excluding diaryl/α,β-unsaturated/α-hetero) is 1. The Bertz CT molecular complexity index is 1250.